The molecular formula is C13H15N3O3. The fourth-order valence-corrected chi connectivity index (χ4v) is 1.98. The van der Waals surface area contributed by atoms with Crippen molar-refractivity contribution in [1.29, 1.82) is 0 Å². The minimum absolute atomic E-state index is 0.00165. The number of amides is 1. The Morgan fingerprint density at radius 3 is 2.53 bits per heavy atom. The first kappa shape index (κ1) is 13.2. The Kier molecular flexibility index (Phi) is 3.59. The Morgan fingerprint density at radius 1 is 1.37 bits per heavy atom. The summed E-state index contributed by atoms with van der Waals surface area (Å²) < 4.78 is 0. The van der Waals surface area contributed by atoms with Crippen molar-refractivity contribution < 1.29 is 9.72 Å². The molecule has 1 aliphatic heterocycles. The monoisotopic (exact) mass is 261 g/mol. The van der Waals surface area contributed by atoms with Gasteiger partial charge in [-0.1, -0.05) is 13.8 Å². The highest BCUT2D eigenvalue weighted by atomic mass is 16.6. The maximum absolute atomic E-state index is 11.9. The van der Waals surface area contributed by atoms with Crippen LogP contribution in [0.25, 0.3) is 0 Å². The SMILES string of the molecule is CC(C)CC1=NN(c2ccc([N+](=O)[O-])cc2)C(=O)C1. The van der Waals surface area contributed by atoms with Crippen LogP contribution in [0.2, 0.25) is 0 Å². The molecule has 1 aromatic carbocycles. The zero-order valence-electron chi connectivity index (χ0n) is 10.9. The van der Waals surface area contributed by atoms with Gasteiger partial charge in [0.05, 0.1) is 17.0 Å². The first-order valence-electron chi connectivity index (χ1n) is 6.11. The lowest BCUT2D eigenvalue weighted by molar-refractivity contribution is -0.384. The van der Waals surface area contributed by atoms with Crippen LogP contribution in [0.5, 0.6) is 0 Å². The van der Waals surface area contributed by atoms with Gasteiger partial charge in [-0.2, -0.15) is 5.10 Å². The summed E-state index contributed by atoms with van der Waals surface area (Å²) in [5, 5.41) is 16.2. The summed E-state index contributed by atoms with van der Waals surface area (Å²) in [5.41, 5.74) is 1.43. The molecule has 0 aromatic heterocycles. The molecule has 2 rings (SSSR count). The number of nitrogens with zero attached hydrogens (tertiary/aromatic N) is 3. The summed E-state index contributed by atoms with van der Waals surface area (Å²) in [6.07, 6.45) is 1.12. The number of hydrazone groups is 1. The molecule has 6 heteroatoms. The van der Waals surface area contributed by atoms with Crippen molar-refractivity contribution in [3.63, 3.8) is 0 Å². The number of anilines is 1. The van der Waals surface area contributed by atoms with Gasteiger partial charge in [0.15, 0.2) is 0 Å². The molecule has 0 unspecified atom stereocenters. The number of nitro groups is 1. The van der Waals surface area contributed by atoms with E-state index >= 15 is 0 Å². The van der Waals surface area contributed by atoms with E-state index in [0.29, 0.717) is 18.0 Å². The number of hydrogen-bond donors (Lipinski definition) is 0. The van der Waals surface area contributed by atoms with Gasteiger partial charge in [0.2, 0.25) is 0 Å². The number of nitro benzene ring substituents is 1. The molecule has 1 heterocycles. The predicted molar refractivity (Wildman–Crippen MR) is 72.1 cm³/mol. The van der Waals surface area contributed by atoms with Crippen LogP contribution in [0, 0.1) is 16.0 Å². The van der Waals surface area contributed by atoms with Gasteiger partial charge in [0.1, 0.15) is 0 Å². The second-order valence-electron chi connectivity index (χ2n) is 4.92. The van der Waals surface area contributed by atoms with Crippen LogP contribution in [-0.2, 0) is 4.79 Å². The summed E-state index contributed by atoms with van der Waals surface area (Å²) in [7, 11) is 0. The zero-order valence-corrected chi connectivity index (χ0v) is 10.9. The van der Waals surface area contributed by atoms with Gasteiger partial charge in [-0.3, -0.25) is 14.9 Å². The predicted octanol–water partition coefficient (Wildman–Crippen LogP) is 2.73. The molecular weight excluding hydrogens is 246 g/mol. The molecule has 6 nitrogen and oxygen atoms in total. The van der Waals surface area contributed by atoms with Crippen molar-refractivity contribution in [3.05, 3.63) is 34.4 Å². The Bertz CT molecular complexity index is 535. The molecule has 1 amide bonds. The van der Waals surface area contributed by atoms with E-state index in [9.17, 15) is 14.9 Å². The summed E-state index contributed by atoms with van der Waals surface area (Å²) in [4.78, 5) is 22.0. The highest BCUT2D eigenvalue weighted by molar-refractivity contribution is 6.13. The van der Waals surface area contributed by atoms with Gasteiger partial charge >= 0.3 is 0 Å². The van der Waals surface area contributed by atoms with Crippen molar-refractivity contribution in [1.82, 2.24) is 0 Å². The van der Waals surface area contributed by atoms with E-state index < -0.39 is 4.92 Å². The number of benzene rings is 1. The van der Waals surface area contributed by atoms with Crippen molar-refractivity contribution in [3.8, 4) is 0 Å². The molecule has 0 fully saturated rings. The molecule has 1 aromatic rings. The molecule has 0 saturated heterocycles. The molecule has 0 N–H and O–H groups in total. The van der Waals surface area contributed by atoms with Gasteiger partial charge in [0.25, 0.3) is 11.6 Å². The van der Waals surface area contributed by atoms with Crippen LogP contribution in [0.4, 0.5) is 11.4 Å². The van der Waals surface area contributed by atoms with Crippen LogP contribution in [0.15, 0.2) is 29.4 Å². The Morgan fingerprint density at radius 2 is 2.00 bits per heavy atom. The molecule has 0 aliphatic carbocycles. The second-order valence-corrected chi connectivity index (χ2v) is 4.92. The fourth-order valence-electron chi connectivity index (χ4n) is 1.98. The summed E-state index contributed by atoms with van der Waals surface area (Å²) in [5.74, 6) is 0.355. The second kappa shape index (κ2) is 5.17. The van der Waals surface area contributed by atoms with Crippen molar-refractivity contribution in [2.24, 2.45) is 11.0 Å². The zero-order chi connectivity index (χ0) is 14.0. The number of rotatable bonds is 4. The highest BCUT2D eigenvalue weighted by Crippen LogP contribution is 2.24. The Labute approximate surface area is 110 Å². The van der Waals surface area contributed by atoms with E-state index in [2.05, 4.69) is 18.9 Å². The first-order chi connectivity index (χ1) is 8.97. The van der Waals surface area contributed by atoms with Gasteiger partial charge in [-0.25, -0.2) is 5.01 Å². The first-order valence-corrected chi connectivity index (χ1v) is 6.11. The third kappa shape index (κ3) is 2.96. The lowest BCUT2D eigenvalue weighted by Crippen LogP contribution is -2.19. The van der Waals surface area contributed by atoms with E-state index in [1.807, 2.05) is 0 Å². The van der Waals surface area contributed by atoms with Gasteiger partial charge in [-0.15, -0.1) is 0 Å². The van der Waals surface area contributed by atoms with E-state index in [4.69, 9.17) is 0 Å². The summed E-state index contributed by atoms with van der Waals surface area (Å²) in [6.45, 7) is 4.14. The average Bonchev–Trinajstić information content (AvgIpc) is 2.69. The quantitative estimate of drug-likeness (QED) is 0.617. The van der Waals surface area contributed by atoms with Crippen LogP contribution in [0.3, 0.4) is 0 Å². The van der Waals surface area contributed by atoms with Crippen molar-refractivity contribution in [2.45, 2.75) is 26.7 Å². The number of carbonyl (C=O) groups excluding carboxylic acids is 1. The number of carbonyl (C=O) groups is 1. The van der Waals surface area contributed by atoms with Crippen LogP contribution in [-0.4, -0.2) is 16.5 Å². The van der Waals surface area contributed by atoms with E-state index in [1.54, 1.807) is 0 Å². The minimum atomic E-state index is -0.469. The molecule has 100 valence electrons. The van der Waals surface area contributed by atoms with Gasteiger partial charge in [0, 0.05) is 17.8 Å². The maximum Gasteiger partial charge on any atom is 0.269 e. The largest absolute Gasteiger partial charge is 0.272 e. The van der Waals surface area contributed by atoms with Crippen LogP contribution >= 0.6 is 0 Å². The molecule has 1 aliphatic rings. The van der Waals surface area contributed by atoms with E-state index in [1.165, 1.54) is 29.3 Å². The number of hydrogen-bond acceptors (Lipinski definition) is 4. The Balaban J connectivity index is 2.19. The minimum Gasteiger partial charge on any atom is -0.272 e. The molecule has 0 saturated carbocycles. The fraction of sp³-hybridized carbons (Fsp3) is 0.385. The highest BCUT2D eigenvalue weighted by Gasteiger charge is 2.25. The normalized spacial score (nSPS) is 15.0. The molecule has 0 spiro atoms. The van der Waals surface area contributed by atoms with Crippen LogP contribution in [0.1, 0.15) is 26.7 Å². The standard InChI is InChI=1S/C13H15N3O3/c1-9(2)7-10-8-13(17)15(14-10)11-3-5-12(6-4-11)16(18)19/h3-6,9H,7-8H2,1-2H3. The van der Waals surface area contributed by atoms with Crippen molar-refractivity contribution >= 4 is 23.0 Å². The topological polar surface area (TPSA) is 75.8 Å². The molecule has 0 bridgehead atoms. The lowest BCUT2D eigenvalue weighted by atomic mass is 10.1. The lowest BCUT2D eigenvalue weighted by Gasteiger charge is -2.10. The molecule has 0 radical (unpaired) electrons. The van der Waals surface area contributed by atoms with Gasteiger partial charge in [-0.05, 0) is 24.5 Å². The smallest absolute Gasteiger partial charge is 0.269 e. The number of non-ortho nitro benzene ring substituents is 1. The summed E-state index contributed by atoms with van der Waals surface area (Å²) in [6, 6.07) is 5.83. The maximum atomic E-state index is 11.9. The summed E-state index contributed by atoms with van der Waals surface area (Å²) >= 11 is 0. The molecule has 0 atom stereocenters. The van der Waals surface area contributed by atoms with Gasteiger partial charge < -0.3 is 0 Å². The Hall–Kier alpha value is -2.24. The van der Waals surface area contributed by atoms with Crippen LogP contribution < -0.4 is 5.01 Å². The van der Waals surface area contributed by atoms with Crippen molar-refractivity contribution in [2.75, 3.05) is 5.01 Å². The third-order valence-electron chi connectivity index (χ3n) is 2.78. The third-order valence-corrected chi connectivity index (χ3v) is 2.78. The van der Waals surface area contributed by atoms with E-state index in [-0.39, 0.29) is 11.6 Å². The molecule has 19 heavy (non-hydrogen) atoms. The average molecular weight is 261 g/mol. The van der Waals surface area contributed by atoms with E-state index in [0.717, 1.165) is 12.1 Å².